The van der Waals surface area contributed by atoms with Gasteiger partial charge in [-0.15, -0.1) is 0 Å². The molecule has 0 aliphatic rings. The van der Waals surface area contributed by atoms with E-state index in [-0.39, 0.29) is 12.4 Å². The predicted octanol–water partition coefficient (Wildman–Crippen LogP) is 1.76. The maximum atomic E-state index is 10.7. The first kappa shape index (κ1) is 10.7. The van der Waals surface area contributed by atoms with Crippen LogP contribution in [-0.2, 0) is 9.53 Å². The first-order valence-corrected chi connectivity index (χ1v) is 4.69. The van der Waals surface area contributed by atoms with Gasteiger partial charge >= 0.3 is 5.97 Å². The largest absolute Gasteiger partial charge is 0.468 e. The van der Waals surface area contributed by atoms with Gasteiger partial charge in [0.15, 0.2) is 0 Å². The number of methoxy groups -OCH3 is 1. The summed E-state index contributed by atoms with van der Waals surface area (Å²) < 4.78 is 5.13. The van der Waals surface area contributed by atoms with Crippen molar-refractivity contribution in [2.24, 2.45) is 0 Å². The van der Waals surface area contributed by atoms with Crippen LogP contribution in [0.2, 0.25) is 0 Å². The Bertz CT molecular complexity index is 393. The Morgan fingerprint density at radius 1 is 1.71 bits per heavy atom. The standard InChI is InChI=1S/C10H8BrNO2/c1-14-9(13)6-2-4-8-5-3-7-12-10(8)11/h3,5,7H,6H2,1H3. The summed E-state index contributed by atoms with van der Waals surface area (Å²) >= 11 is 3.25. The molecule has 0 saturated carbocycles. The maximum absolute atomic E-state index is 10.7. The molecule has 0 radical (unpaired) electrons. The van der Waals surface area contributed by atoms with Crippen molar-refractivity contribution in [3.63, 3.8) is 0 Å². The second-order valence-electron chi connectivity index (χ2n) is 2.40. The van der Waals surface area contributed by atoms with E-state index in [0.29, 0.717) is 4.60 Å². The van der Waals surface area contributed by atoms with Gasteiger partial charge in [-0.1, -0.05) is 11.8 Å². The number of hydrogen-bond donors (Lipinski definition) is 0. The molecule has 1 rings (SSSR count). The highest BCUT2D eigenvalue weighted by Gasteiger charge is 1.96. The lowest BCUT2D eigenvalue weighted by Crippen LogP contribution is -1.97. The lowest BCUT2D eigenvalue weighted by molar-refractivity contribution is -0.139. The van der Waals surface area contributed by atoms with E-state index in [0.717, 1.165) is 5.56 Å². The zero-order chi connectivity index (χ0) is 10.4. The highest BCUT2D eigenvalue weighted by atomic mass is 79.9. The van der Waals surface area contributed by atoms with Crippen LogP contribution in [0, 0.1) is 11.8 Å². The Hall–Kier alpha value is -1.34. The molecular weight excluding hydrogens is 246 g/mol. The smallest absolute Gasteiger partial charge is 0.317 e. The summed E-state index contributed by atoms with van der Waals surface area (Å²) in [5, 5.41) is 0. The van der Waals surface area contributed by atoms with Gasteiger partial charge in [-0.2, -0.15) is 0 Å². The predicted molar refractivity (Wildman–Crippen MR) is 55.4 cm³/mol. The van der Waals surface area contributed by atoms with Crippen LogP contribution >= 0.6 is 15.9 Å². The quantitative estimate of drug-likeness (QED) is 0.435. The molecule has 0 saturated heterocycles. The van der Waals surface area contributed by atoms with Crippen LogP contribution in [0.15, 0.2) is 22.9 Å². The molecule has 0 atom stereocenters. The van der Waals surface area contributed by atoms with Gasteiger partial charge < -0.3 is 4.74 Å². The molecule has 0 aliphatic heterocycles. The Kier molecular flexibility index (Phi) is 4.14. The van der Waals surface area contributed by atoms with Crippen LogP contribution in [-0.4, -0.2) is 18.1 Å². The summed E-state index contributed by atoms with van der Waals surface area (Å²) in [4.78, 5) is 14.7. The molecule has 14 heavy (non-hydrogen) atoms. The van der Waals surface area contributed by atoms with Gasteiger partial charge in [0.05, 0.1) is 12.7 Å². The molecule has 0 aliphatic carbocycles. The van der Waals surface area contributed by atoms with E-state index >= 15 is 0 Å². The minimum absolute atomic E-state index is 0.0951. The Morgan fingerprint density at radius 3 is 3.14 bits per heavy atom. The molecule has 3 nitrogen and oxygen atoms in total. The molecule has 72 valence electrons. The summed E-state index contributed by atoms with van der Waals surface area (Å²) in [6, 6.07) is 3.61. The number of ether oxygens (including phenoxy) is 1. The number of carbonyl (C=O) groups is 1. The van der Waals surface area contributed by atoms with Crippen LogP contribution in [0.25, 0.3) is 0 Å². The Labute approximate surface area is 90.6 Å². The topological polar surface area (TPSA) is 39.2 Å². The van der Waals surface area contributed by atoms with E-state index in [4.69, 9.17) is 0 Å². The van der Waals surface area contributed by atoms with Gasteiger partial charge in [-0.05, 0) is 28.1 Å². The molecule has 0 spiro atoms. The molecule has 0 bridgehead atoms. The van der Waals surface area contributed by atoms with Crippen LogP contribution in [0.1, 0.15) is 12.0 Å². The summed E-state index contributed by atoms with van der Waals surface area (Å²) in [5.41, 5.74) is 0.761. The molecule has 1 aromatic heterocycles. The number of carbonyl (C=O) groups excluding carboxylic acids is 1. The van der Waals surface area contributed by atoms with Crippen molar-refractivity contribution in [2.75, 3.05) is 7.11 Å². The maximum Gasteiger partial charge on any atom is 0.317 e. The van der Waals surface area contributed by atoms with Crippen molar-refractivity contribution in [1.82, 2.24) is 4.98 Å². The number of esters is 1. The van der Waals surface area contributed by atoms with Crippen molar-refractivity contribution >= 4 is 21.9 Å². The fourth-order valence-corrected chi connectivity index (χ4v) is 1.11. The van der Waals surface area contributed by atoms with Gasteiger partial charge in [0, 0.05) is 6.20 Å². The zero-order valence-corrected chi connectivity index (χ0v) is 9.17. The number of aromatic nitrogens is 1. The van der Waals surface area contributed by atoms with Gasteiger partial charge in [0.2, 0.25) is 0 Å². The van der Waals surface area contributed by atoms with Crippen LogP contribution < -0.4 is 0 Å². The van der Waals surface area contributed by atoms with Crippen molar-refractivity contribution in [3.05, 3.63) is 28.5 Å². The van der Waals surface area contributed by atoms with Crippen molar-refractivity contribution in [3.8, 4) is 11.8 Å². The summed E-state index contributed by atoms with van der Waals surface area (Å²) in [7, 11) is 1.34. The summed E-state index contributed by atoms with van der Waals surface area (Å²) in [6.07, 6.45) is 1.76. The van der Waals surface area contributed by atoms with Crippen molar-refractivity contribution < 1.29 is 9.53 Å². The number of halogens is 1. The molecule has 0 amide bonds. The van der Waals surface area contributed by atoms with Crippen LogP contribution in [0.4, 0.5) is 0 Å². The Morgan fingerprint density at radius 2 is 2.50 bits per heavy atom. The SMILES string of the molecule is COC(=O)CC#Cc1cccnc1Br. The third kappa shape index (κ3) is 3.19. The second-order valence-corrected chi connectivity index (χ2v) is 3.15. The zero-order valence-electron chi connectivity index (χ0n) is 7.58. The molecule has 0 N–H and O–H groups in total. The van der Waals surface area contributed by atoms with Gasteiger partial charge in [-0.3, -0.25) is 4.79 Å². The van der Waals surface area contributed by atoms with Crippen LogP contribution in [0.3, 0.4) is 0 Å². The fourth-order valence-electron chi connectivity index (χ4n) is 0.763. The molecule has 1 heterocycles. The van der Waals surface area contributed by atoms with Gasteiger partial charge in [-0.25, -0.2) is 4.98 Å². The summed E-state index contributed by atoms with van der Waals surface area (Å²) in [6.45, 7) is 0. The van der Waals surface area contributed by atoms with Crippen molar-refractivity contribution in [2.45, 2.75) is 6.42 Å². The van der Waals surface area contributed by atoms with E-state index in [1.165, 1.54) is 7.11 Å². The molecule has 1 aromatic rings. The number of pyridine rings is 1. The average Bonchev–Trinajstić information content (AvgIpc) is 2.20. The molecular formula is C10H8BrNO2. The van der Waals surface area contributed by atoms with Crippen LogP contribution in [0.5, 0.6) is 0 Å². The van der Waals surface area contributed by atoms with E-state index in [2.05, 4.69) is 37.5 Å². The number of nitrogens with zero attached hydrogens (tertiary/aromatic N) is 1. The Balaban J connectivity index is 2.68. The molecule has 4 heteroatoms. The highest BCUT2D eigenvalue weighted by molar-refractivity contribution is 9.10. The lowest BCUT2D eigenvalue weighted by Gasteiger charge is -1.92. The summed E-state index contributed by atoms with van der Waals surface area (Å²) in [5.74, 6) is 5.18. The molecule has 0 unspecified atom stereocenters. The lowest BCUT2D eigenvalue weighted by atomic mass is 10.3. The normalized spacial score (nSPS) is 8.71. The van der Waals surface area contributed by atoms with Gasteiger partial charge in [0.1, 0.15) is 11.0 Å². The monoisotopic (exact) mass is 253 g/mol. The van der Waals surface area contributed by atoms with Gasteiger partial charge in [0.25, 0.3) is 0 Å². The fraction of sp³-hybridized carbons (Fsp3) is 0.200. The van der Waals surface area contributed by atoms with E-state index in [1.54, 1.807) is 12.3 Å². The molecule has 0 fully saturated rings. The number of hydrogen-bond acceptors (Lipinski definition) is 3. The van der Waals surface area contributed by atoms with E-state index in [1.807, 2.05) is 6.07 Å². The first-order chi connectivity index (χ1) is 6.74. The number of rotatable bonds is 1. The first-order valence-electron chi connectivity index (χ1n) is 3.90. The van der Waals surface area contributed by atoms with E-state index < -0.39 is 0 Å². The molecule has 0 aromatic carbocycles. The third-order valence-corrected chi connectivity index (χ3v) is 2.07. The second kappa shape index (κ2) is 5.40. The van der Waals surface area contributed by atoms with E-state index in [9.17, 15) is 4.79 Å². The van der Waals surface area contributed by atoms with Crippen molar-refractivity contribution in [1.29, 1.82) is 0 Å². The average molecular weight is 254 g/mol. The minimum atomic E-state index is -0.336. The minimum Gasteiger partial charge on any atom is -0.468 e. The highest BCUT2D eigenvalue weighted by Crippen LogP contribution is 2.10. The third-order valence-electron chi connectivity index (χ3n) is 1.44.